The molecule has 1 saturated heterocycles. The normalized spacial score (nSPS) is 15.7. The number of carbonyl (C=O) groups is 2. The highest BCUT2D eigenvalue weighted by atomic mass is 16.5. The summed E-state index contributed by atoms with van der Waals surface area (Å²) in [7, 11) is 1.72. The number of fused-ring (bicyclic) bond motifs is 1. The van der Waals surface area contributed by atoms with E-state index in [2.05, 4.69) is 65.1 Å². The van der Waals surface area contributed by atoms with Gasteiger partial charge in [0.1, 0.15) is 17.0 Å². The molecule has 0 unspecified atom stereocenters. The topological polar surface area (TPSA) is 153 Å². The highest BCUT2D eigenvalue weighted by Gasteiger charge is 2.24. The molecule has 3 N–H and O–H groups in total. The number of rotatable bonds is 15. The summed E-state index contributed by atoms with van der Waals surface area (Å²) in [6, 6.07) is 8.47. The van der Waals surface area contributed by atoms with Gasteiger partial charge in [-0.05, 0) is 24.1 Å². The lowest BCUT2D eigenvalue weighted by Crippen LogP contribution is -2.46. The number of ether oxygens (including phenoxy) is 1. The number of nitrogens with two attached hydrogens (primary N) is 1. The highest BCUT2D eigenvalue weighted by Crippen LogP contribution is 2.27. The van der Waals surface area contributed by atoms with Crippen molar-refractivity contribution in [3.63, 3.8) is 0 Å². The predicted octanol–water partition coefficient (Wildman–Crippen LogP) is 2.51. The Bertz CT molecular complexity index is 1720. The van der Waals surface area contributed by atoms with E-state index >= 15 is 0 Å². The molecule has 248 valence electrons. The van der Waals surface area contributed by atoms with Gasteiger partial charge in [-0.15, -0.1) is 5.10 Å². The Balaban J connectivity index is 1.01. The van der Waals surface area contributed by atoms with E-state index in [1.165, 1.54) is 17.7 Å². The van der Waals surface area contributed by atoms with Gasteiger partial charge in [0.15, 0.2) is 5.82 Å². The van der Waals surface area contributed by atoms with Crippen LogP contribution in [0, 0.1) is 0 Å². The lowest BCUT2D eigenvalue weighted by molar-refractivity contribution is -0.137. The molecule has 1 fully saturated rings. The zero-order valence-corrected chi connectivity index (χ0v) is 27.1. The molecule has 0 saturated carbocycles. The fraction of sp³-hybridized carbons (Fsp3) is 0.455. The van der Waals surface area contributed by atoms with Crippen molar-refractivity contribution in [2.75, 3.05) is 57.4 Å². The zero-order chi connectivity index (χ0) is 32.8. The van der Waals surface area contributed by atoms with E-state index in [1.807, 2.05) is 12.3 Å². The van der Waals surface area contributed by atoms with Crippen molar-refractivity contribution in [1.29, 1.82) is 0 Å². The van der Waals surface area contributed by atoms with Crippen LogP contribution in [0.4, 0.5) is 11.8 Å². The Morgan fingerprint density at radius 3 is 2.49 bits per heavy atom. The number of carbonyl (C=O) groups excluding carboxylic acids is 2. The van der Waals surface area contributed by atoms with E-state index in [0.29, 0.717) is 18.8 Å². The number of amides is 2. The van der Waals surface area contributed by atoms with Crippen molar-refractivity contribution >= 4 is 34.6 Å². The second kappa shape index (κ2) is 14.7. The van der Waals surface area contributed by atoms with Gasteiger partial charge < -0.3 is 20.4 Å². The number of piperazine rings is 1. The maximum atomic E-state index is 11.8. The van der Waals surface area contributed by atoms with Gasteiger partial charge in [-0.25, -0.2) is 4.98 Å². The number of imide groups is 1. The van der Waals surface area contributed by atoms with Crippen molar-refractivity contribution in [3.05, 3.63) is 65.6 Å². The van der Waals surface area contributed by atoms with Gasteiger partial charge in [0.2, 0.25) is 5.95 Å². The van der Waals surface area contributed by atoms with E-state index in [-0.39, 0.29) is 24.3 Å². The first-order valence-electron chi connectivity index (χ1n) is 16.3. The molecule has 0 spiro atoms. The second-order valence-corrected chi connectivity index (χ2v) is 12.1. The van der Waals surface area contributed by atoms with Gasteiger partial charge in [-0.1, -0.05) is 37.1 Å². The molecule has 0 radical (unpaired) electrons. The second-order valence-electron chi connectivity index (χ2n) is 12.1. The molecule has 0 atom stereocenters. The molecule has 14 heteroatoms. The molecule has 1 aromatic carbocycles. The molecular weight excluding hydrogens is 598 g/mol. The number of hydrogen-bond acceptors (Lipinski definition) is 11. The van der Waals surface area contributed by atoms with Crippen LogP contribution in [0.1, 0.15) is 43.0 Å². The van der Waals surface area contributed by atoms with E-state index in [0.717, 1.165) is 98.1 Å². The SMILES string of the molecule is CCCCCNc1nc(N)nc2ccn(Cc3ccc(CN4CCN(CCn5cc(CN6C(=O)C=CC6=O)nn5)CC4)cc3OC)c12. The number of hydrogen-bond donors (Lipinski definition) is 2. The Morgan fingerprint density at radius 1 is 0.936 bits per heavy atom. The summed E-state index contributed by atoms with van der Waals surface area (Å²) in [6.07, 6.45) is 9.79. The molecule has 0 aliphatic carbocycles. The minimum Gasteiger partial charge on any atom is -0.496 e. The Kier molecular flexibility index (Phi) is 10.1. The van der Waals surface area contributed by atoms with Gasteiger partial charge in [-0.3, -0.25) is 29.0 Å². The number of unbranched alkanes of at least 4 members (excludes halogenated alkanes) is 2. The fourth-order valence-corrected chi connectivity index (χ4v) is 6.11. The summed E-state index contributed by atoms with van der Waals surface area (Å²) in [5, 5.41) is 11.8. The third kappa shape index (κ3) is 7.77. The quantitative estimate of drug-likeness (QED) is 0.145. The molecule has 3 aromatic heterocycles. The van der Waals surface area contributed by atoms with Crippen molar-refractivity contribution in [2.45, 2.75) is 52.4 Å². The number of benzene rings is 1. The molecule has 2 aliphatic rings. The average Bonchev–Trinajstić information content (AvgIpc) is 3.79. The summed E-state index contributed by atoms with van der Waals surface area (Å²) in [5.74, 6) is 1.26. The van der Waals surface area contributed by atoms with Gasteiger partial charge in [0.05, 0.1) is 38.5 Å². The van der Waals surface area contributed by atoms with Crippen LogP contribution in [0.3, 0.4) is 0 Å². The molecule has 2 amide bonds. The van der Waals surface area contributed by atoms with Crippen LogP contribution >= 0.6 is 0 Å². The van der Waals surface area contributed by atoms with Crippen molar-refractivity contribution < 1.29 is 14.3 Å². The van der Waals surface area contributed by atoms with E-state index in [1.54, 1.807) is 18.0 Å². The number of methoxy groups -OCH3 is 1. The van der Waals surface area contributed by atoms with Crippen LogP contribution in [0.5, 0.6) is 5.75 Å². The smallest absolute Gasteiger partial charge is 0.253 e. The lowest BCUT2D eigenvalue weighted by Gasteiger charge is -2.34. The van der Waals surface area contributed by atoms with Crippen LogP contribution in [0.25, 0.3) is 11.0 Å². The van der Waals surface area contributed by atoms with Gasteiger partial charge in [0, 0.05) is 69.7 Å². The van der Waals surface area contributed by atoms with Gasteiger partial charge in [0.25, 0.3) is 11.8 Å². The van der Waals surface area contributed by atoms with Gasteiger partial charge in [-0.2, -0.15) is 4.98 Å². The first kappa shape index (κ1) is 32.1. The van der Waals surface area contributed by atoms with Crippen LogP contribution in [0.15, 0.2) is 48.8 Å². The standard InChI is InChI=1S/C33H43N11O3/c1-3-4-5-11-35-32-31-27(36-33(34)37-32)10-12-42(31)21-25-7-6-24(19-28(25)47-2)20-41-15-13-40(14-16-41)17-18-43-22-26(38-39-43)23-44-29(45)8-9-30(44)46/h6-10,12,19,22H,3-5,11,13-18,20-21,23H2,1-2H3,(H3,34,35,36,37). The Hall–Kier alpha value is -4.82. The van der Waals surface area contributed by atoms with E-state index in [9.17, 15) is 9.59 Å². The third-order valence-electron chi connectivity index (χ3n) is 8.72. The monoisotopic (exact) mass is 641 g/mol. The number of anilines is 2. The molecule has 2 aliphatic heterocycles. The fourth-order valence-electron chi connectivity index (χ4n) is 6.11. The minimum absolute atomic E-state index is 0.139. The first-order valence-corrected chi connectivity index (χ1v) is 16.3. The third-order valence-corrected chi connectivity index (χ3v) is 8.72. The maximum absolute atomic E-state index is 11.8. The number of aromatic nitrogens is 6. The van der Waals surface area contributed by atoms with Crippen LogP contribution in [0.2, 0.25) is 0 Å². The first-order chi connectivity index (χ1) is 22.9. The molecule has 5 heterocycles. The van der Waals surface area contributed by atoms with E-state index < -0.39 is 0 Å². The number of nitrogens with one attached hydrogen (secondary N) is 1. The predicted molar refractivity (Wildman–Crippen MR) is 178 cm³/mol. The summed E-state index contributed by atoms with van der Waals surface area (Å²) in [4.78, 5) is 38.6. The summed E-state index contributed by atoms with van der Waals surface area (Å²) >= 11 is 0. The number of nitrogen functional groups attached to an aromatic ring is 1. The molecule has 4 aromatic rings. The zero-order valence-electron chi connectivity index (χ0n) is 27.1. The van der Waals surface area contributed by atoms with E-state index in [4.69, 9.17) is 10.5 Å². The Labute approximate surface area is 274 Å². The van der Waals surface area contributed by atoms with Crippen molar-refractivity contribution in [3.8, 4) is 5.75 Å². The minimum atomic E-state index is -0.316. The highest BCUT2D eigenvalue weighted by molar-refractivity contribution is 6.12. The van der Waals surface area contributed by atoms with Crippen molar-refractivity contribution in [2.24, 2.45) is 0 Å². The number of nitrogens with zero attached hydrogens (tertiary/aromatic N) is 9. The van der Waals surface area contributed by atoms with Crippen molar-refractivity contribution in [1.82, 2.24) is 44.2 Å². The Morgan fingerprint density at radius 2 is 1.72 bits per heavy atom. The maximum Gasteiger partial charge on any atom is 0.253 e. The summed E-state index contributed by atoms with van der Waals surface area (Å²) in [5.41, 5.74) is 10.7. The lowest BCUT2D eigenvalue weighted by atomic mass is 10.1. The largest absolute Gasteiger partial charge is 0.496 e. The van der Waals surface area contributed by atoms with Crippen LogP contribution in [-0.4, -0.2) is 102 Å². The summed E-state index contributed by atoms with van der Waals surface area (Å²) in [6.45, 7) is 10.0. The summed E-state index contributed by atoms with van der Waals surface area (Å²) < 4.78 is 9.79. The average molecular weight is 642 g/mol. The molecule has 14 nitrogen and oxygen atoms in total. The molecular formula is C33H43N11O3. The molecule has 0 bridgehead atoms. The molecule has 47 heavy (non-hydrogen) atoms. The van der Waals surface area contributed by atoms with Crippen LogP contribution < -0.4 is 15.8 Å². The molecule has 6 rings (SSSR count). The van der Waals surface area contributed by atoms with Crippen LogP contribution in [-0.2, 0) is 35.8 Å². The van der Waals surface area contributed by atoms with Gasteiger partial charge >= 0.3 is 0 Å².